The molecule has 0 spiro atoms. The van der Waals surface area contributed by atoms with Crippen molar-refractivity contribution >= 4 is 33.3 Å². The van der Waals surface area contributed by atoms with Crippen molar-refractivity contribution in [1.29, 1.82) is 0 Å². The summed E-state index contributed by atoms with van der Waals surface area (Å²) in [5.74, 6) is -1.16. The quantitative estimate of drug-likeness (QED) is 0.354. The fraction of sp³-hybridized carbons (Fsp3) is 0. The molecule has 0 radical (unpaired) electrons. The highest BCUT2D eigenvalue weighted by atomic mass is 79.9. The molecule has 0 fully saturated rings. The lowest BCUT2D eigenvalue weighted by atomic mass is 10.2. The number of hydrogen-bond acceptors (Lipinski definition) is 6. The van der Waals surface area contributed by atoms with Crippen LogP contribution in [0.4, 0.5) is 11.4 Å². The molecule has 0 aliphatic carbocycles. The van der Waals surface area contributed by atoms with Gasteiger partial charge in [-0.15, -0.1) is 0 Å². The zero-order valence-electron chi connectivity index (χ0n) is 10.8. The molecule has 22 heavy (non-hydrogen) atoms. The third-order valence-corrected chi connectivity index (χ3v) is 3.16. The van der Waals surface area contributed by atoms with E-state index in [9.17, 15) is 25.0 Å². The van der Waals surface area contributed by atoms with E-state index in [2.05, 4.69) is 15.9 Å². The second-order valence-corrected chi connectivity index (χ2v) is 4.98. The van der Waals surface area contributed by atoms with Gasteiger partial charge in [0.2, 0.25) is 5.75 Å². The Hall–Kier alpha value is -2.81. The van der Waals surface area contributed by atoms with E-state index < -0.39 is 27.2 Å². The van der Waals surface area contributed by atoms with Crippen LogP contribution in [0.25, 0.3) is 0 Å². The van der Waals surface area contributed by atoms with Crippen LogP contribution in [0.5, 0.6) is 5.75 Å². The molecule has 0 amide bonds. The first-order valence-electron chi connectivity index (χ1n) is 5.79. The van der Waals surface area contributed by atoms with Gasteiger partial charge < -0.3 is 4.74 Å². The summed E-state index contributed by atoms with van der Waals surface area (Å²) in [4.78, 5) is 31.9. The van der Waals surface area contributed by atoms with Crippen molar-refractivity contribution in [3.05, 3.63) is 72.7 Å². The number of esters is 1. The molecule has 2 aromatic carbocycles. The zero-order chi connectivity index (χ0) is 16.3. The fourth-order valence-electron chi connectivity index (χ4n) is 1.59. The van der Waals surface area contributed by atoms with E-state index in [4.69, 9.17) is 4.74 Å². The molecule has 9 heteroatoms. The summed E-state index contributed by atoms with van der Waals surface area (Å²) in [7, 11) is 0. The molecule has 112 valence electrons. The molecule has 0 saturated heterocycles. The molecular formula is C13H7BrN2O6. The molecule has 0 bridgehead atoms. The number of carbonyl (C=O) groups is 1. The predicted molar refractivity (Wildman–Crippen MR) is 78.9 cm³/mol. The Morgan fingerprint density at radius 2 is 1.64 bits per heavy atom. The lowest BCUT2D eigenvalue weighted by Crippen LogP contribution is -2.09. The first-order valence-corrected chi connectivity index (χ1v) is 6.58. The van der Waals surface area contributed by atoms with E-state index in [1.54, 1.807) is 12.1 Å². The van der Waals surface area contributed by atoms with Crippen molar-refractivity contribution in [2.45, 2.75) is 0 Å². The summed E-state index contributed by atoms with van der Waals surface area (Å²) >= 11 is 3.21. The largest absolute Gasteiger partial charge is 0.416 e. The van der Waals surface area contributed by atoms with Gasteiger partial charge in [-0.2, -0.15) is 0 Å². The molecule has 2 aromatic rings. The van der Waals surface area contributed by atoms with Crippen LogP contribution in [0.15, 0.2) is 46.9 Å². The van der Waals surface area contributed by atoms with Crippen LogP contribution in [0.3, 0.4) is 0 Å². The Morgan fingerprint density at radius 3 is 2.18 bits per heavy atom. The van der Waals surface area contributed by atoms with Crippen LogP contribution < -0.4 is 4.74 Å². The normalized spacial score (nSPS) is 10.0. The number of nitro benzene ring substituents is 2. The van der Waals surface area contributed by atoms with Gasteiger partial charge in [0.25, 0.3) is 5.69 Å². The van der Waals surface area contributed by atoms with Gasteiger partial charge in [-0.1, -0.05) is 15.9 Å². The number of rotatable bonds is 4. The van der Waals surface area contributed by atoms with Crippen LogP contribution in [0.2, 0.25) is 0 Å². The molecule has 8 nitrogen and oxygen atoms in total. The smallest absolute Gasteiger partial charge is 0.343 e. The third-order valence-electron chi connectivity index (χ3n) is 2.63. The number of halogens is 1. The van der Waals surface area contributed by atoms with Crippen molar-refractivity contribution in [3.8, 4) is 5.75 Å². The minimum absolute atomic E-state index is 0.191. The molecule has 0 heterocycles. The summed E-state index contributed by atoms with van der Waals surface area (Å²) in [5, 5.41) is 21.6. The minimum Gasteiger partial charge on any atom is -0.416 e. The summed E-state index contributed by atoms with van der Waals surface area (Å²) in [5.41, 5.74) is -0.925. The lowest BCUT2D eigenvalue weighted by molar-refractivity contribution is -0.394. The Morgan fingerprint density at radius 1 is 1.00 bits per heavy atom. The summed E-state index contributed by atoms with van der Waals surface area (Å²) in [6.45, 7) is 0. The lowest BCUT2D eigenvalue weighted by Gasteiger charge is -2.05. The second-order valence-electron chi connectivity index (χ2n) is 4.06. The van der Waals surface area contributed by atoms with Gasteiger partial charge in [-0.05, 0) is 30.3 Å². The number of ether oxygens (including phenoxy) is 1. The number of benzene rings is 2. The molecule has 0 aromatic heterocycles. The maximum Gasteiger partial charge on any atom is 0.343 e. The monoisotopic (exact) mass is 366 g/mol. The highest BCUT2D eigenvalue weighted by Crippen LogP contribution is 2.31. The standard InChI is InChI=1S/C13H7BrN2O6/c14-9-3-1-8(2-4-9)13(17)22-12-6-5-10(15(18)19)7-11(12)16(20)21/h1-7H. The van der Waals surface area contributed by atoms with Gasteiger partial charge in [0.15, 0.2) is 0 Å². The number of carbonyl (C=O) groups excluding carboxylic acids is 1. The van der Waals surface area contributed by atoms with Crippen LogP contribution in [-0.2, 0) is 0 Å². The first kappa shape index (κ1) is 15.6. The van der Waals surface area contributed by atoms with Crippen LogP contribution in [0, 0.1) is 20.2 Å². The average Bonchev–Trinajstić information content (AvgIpc) is 2.47. The number of nitro groups is 2. The van der Waals surface area contributed by atoms with Crippen LogP contribution in [0.1, 0.15) is 10.4 Å². The molecular weight excluding hydrogens is 360 g/mol. The van der Waals surface area contributed by atoms with Crippen molar-refractivity contribution in [2.75, 3.05) is 0 Å². The SMILES string of the molecule is O=C(Oc1ccc([N+](=O)[O-])cc1[N+](=O)[O-])c1ccc(Br)cc1. The molecule has 2 rings (SSSR count). The number of hydrogen-bond donors (Lipinski definition) is 0. The van der Waals surface area contributed by atoms with Crippen molar-refractivity contribution < 1.29 is 19.4 Å². The van der Waals surface area contributed by atoms with Crippen molar-refractivity contribution in [2.24, 2.45) is 0 Å². The van der Waals surface area contributed by atoms with Crippen LogP contribution in [-0.4, -0.2) is 15.8 Å². The first-order chi connectivity index (χ1) is 10.4. The van der Waals surface area contributed by atoms with Crippen molar-refractivity contribution in [1.82, 2.24) is 0 Å². The Labute approximate surface area is 131 Å². The summed E-state index contributed by atoms with van der Waals surface area (Å²) < 4.78 is 5.70. The molecule has 0 atom stereocenters. The Bertz CT molecular complexity index is 760. The zero-order valence-corrected chi connectivity index (χ0v) is 12.3. The van der Waals surface area contributed by atoms with Gasteiger partial charge in [0, 0.05) is 10.5 Å². The average molecular weight is 367 g/mol. The molecule has 0 saturated carbocycles. The molecule has 0 aliphatic rings. The van der Waals surface area contributed by atoms with Crippen molar-refractivity contribution in [3.63, 3.8) is 0 Å². The fourth-order valence-corrected chi connectivity index (χ4v) is 1.86. The van der Waals surface area contributed by atoms with E-state index in [-0.39, 0.29) is 11.3 Å². The van der Waals surface area contributed by atoms with E-state index in [1.165, 1.54) is 12.1 Å². The summed E-state index contributed by atoms with van der Waals surface area (Å²) in [6, 6.07) is 8.96. The summed E-state index contributed by atoms with van der Waals surface area (Å²) in [6.07, 6.45) is 0. The van der Waals surface area contributed by atoms with Gasteiger partial charge >= 0.3 is 11.7 Å². The molecule has 0 unspecified atom stereocenters. The van der Waals surface area contributed by atoms with Gasteiger partial charge in [-0.3, -0.25) is 20.2 Å². The number of non-ortho nitro benzene ring substituents is 1. The van der Waals surface area contributed by atoms with E-state index in [0.29, 0.717) is 0 Å². The minimum atomic E-state index is -0.850. The highest BCUT2D eigenvalue weighted by Gasteiger charge is 2.23. The topological polar surface area (TPSA) is 113 Å². The van der Waals surface area contributed by atoms with Gasteiger partial charge in [-0.25, -0.2) is 4.79 Å². The predicted octanol–water partition coefficient (Wildman–Crippen LogP) is 3.48. The maximum absolute atomic E-state index is 11.9. The van der Waals surface area contributed by atoms with E-state index in [0.717, 1.165) is 22.7 Å². The third kappa shape index (κ3) is 3.44. The van der Waals surface area contributed by atoms with Gasteiger partial charge in [0.05, 0.1) is 21.5 Å². The maximum atomic E-state index is 11.9. The highest BCUT2D eigenvalue weighted by molar-refractivity contribution is 9.10. The molecule has 0 N–H and O–H groups in total. The Kier molecular flexibility index (Phi) is 4.47. The van der Waals surface area contributed by atoms with Crippen LogP contribution >= 0.6 is 15.9 Å². The molecule has 0 aliphatic heterocycles. The van der Waals surface area contributed by atoms with Gasteiger partial charge in [0.1, 0.15) is 0 Å². The second kappa shape index (κ2) is 6.31. The Balaban J connectivity index is 2.32. The van der Waals surface area contributed by atoms with E-state index >= 15 is 0 Å². The van der Waals surface area contributed by atoms with E-state index in [1.807, 2.05) is 0 Å². The number of nitrogens with zero attached hydrogens (tertiary/aromatic N) is 2.